The number of morpholine rings is 1. The molecule has 0 unspecified atom stereocenters. The minimum atomic E-state index is -3.67. The highest BCUT2D eigenvalue weighted by atomic mass is 32.2. The number of nitrogens with zero attached hydrogens (tertiary/aromatic N) is 1. The summed E-state index contributed by atoms with van der Waals surface area (Å²) in [5.74, 6) is -0.549. The Bertz CT molecular complexity index is 1100. The summed E-state index contributed by atoms with van der Waals surface area (Å²) in [6.07, 6.45) is 1.64. The second-order valence-electron chi connectivity index (χ2n) is 8.39. The second kappa shape index (κ2) is 9.01. The largest absolute Gasteiger partial charge is 0.373 e. The fraction of sp³-hybridized carbons (Fsp3) is 0.391. The van der Waals surface area contributed by atoms with Gasteiger partial charge in [0.15, 0.2) is 0 Å². The first-order chi connectivity index (χ1) is 15.2. The molecule has 9 heteroatoms. The summed E-state index contributed by atoms with van der Waals surface area (Å²) in [4.78, 5) is 25.0. The van der Waals surface area contributed by atoms with Crippen LogP contribution in [-0.4, -0.2) is 55.9 Å². The number of amides is 2. The third-order valence-corrected chi connectivity index (χ3v) is 7.28. The van der Waals surface area contributed by atoms with Crippen molar-refractivity contribution in [3.8, 4) is 0 Å². The first kappa shape index (κ1) is 22.4. The Hall–Kier alpha value is -2.75. The van der Waals surface area contributed by atoms with Crippen LogP contribution in [0.15, 0.2) is 53.4 Å². The van der Waals surface area contributed by atoms with Gasteiger partial charge in [-0.25, -0.2) is 8.42 Å². The molecule has 1 aliphatic carbocycles. The number of nitrogens with one attached hydrogen (secondary N) is 2. The van der Waals surface area contributed by atoms with Gasteiger partial charge >= 0.3 is 0 Å². The van der Waals surface area contributed by atoms with Crippen LogP contribution in [0.1, 0.15) is 47.4 Å². The van der Waals surface area contributed by atoms with Gasteiger partial charge in [-0.1, -0.05) is 6.07 Å². The molecule has 1 saturated heterocycles. The molecule has 2 aromatic carbocycles. The normalized spacial score (nSPS) is 21.7. The summed E-state index contributed by atoms with van der Waals surface area (Å²) < 4.78 is 33.0. The molecule has 4 rings (SSSR count). The molecule has 2 amide bonds. The van der Waals surface area contributed by atoms with E-state index >= 15 is 0 Å². The van der Waals surface area contributed by atoms with Crippen molar-refractivity contribution in [2.24, 2.45) is 0 Å². The average Bonchev–Trinajstić information content (AvgIpc) is 3.57. The zero-order valence-electron chi connectivity index (χ0n) is 18.1. The molecule has 0 radical (unpaired) electrons. The van der Waals surface area contributed by atoms with Crippen molar-refractivity contribution in [3.63, 3.8) is 0 Å². The molecule has 1 aliphatic heterocycles. The fourth-order valence-corrected chi connectivity index (χ4v) is 5.28. The lowest BCUT2D eigenvalue weighted by atomic mass is 10.1. The molecule has 170 valence electrons. The van der Waals surface area contributed by atoms with Crippen LogP contribution in [0, 0.1) is 0 Å². The van der Waals surface area contributed by atoms with Gasteiger partial charge in [-0.3, -0.25) is 9.59 Å². The Morgan fingerprint density at radius 2 is 1.59 bits per heavy atom. The molecule has 1 heterocycles. The highest BCUT2D eigenvalue weighted by Crippen LogP contribution is 2.22. The van der Waals surface area contributed by atoms with Gasteiger partial charge in [0.05, 0.1) is 17.1 Å². The zero-order valence-corrected chi connectivity index (χ0v) is 18.9. The van der Waals surface area contributed by atoms with E-state index in [9.17, 15) is 18.0 Å². The summed E-state index contributed by atoms with van der Waals surface area (Å²) in [7, 11) is -3.67. The van der Waals surface area contributed by atoms with Crippen LogP contribution in [0.5, 0.6) is 0 Å². The molecule has 2 aromatic rings. The Balaban J connectivity index is 1.44. The van der Waals surface area contributed by atoms with E-state index in [1.165, 1.54) is 28.6 Å². The molecule has 0 spiro atoms. The lowest BCUT2D eigenvalue weighted by Gasteiger charge is -2.34. The van der Waals surface area contributed by atoms with Crippen molar-refractivity contribution in [3.05, 3.63) is 59.7 Å². The van der Waals surface area contributed by atoms with Gasteiger partial charge in [0, 0.05) is 35.9 Å². The Kier molecular flexibility index (Phi) is 6.32. The molecule has 2 N–H and O–H groups in total. The monoisotopic (exact) mass is 457 g/mol. The number of ether oxygens (including phenoxy) is 1. The summed E-state index contributed by atoms with van der Waals surface area (Å²) in [6.45, 7) is 4.27. The van der Waals surface area contributed by atoms with E-state index in [1.807, 2.05) is 13.8 Å². The van der Waals surface area contributed by atoms with E-state index in [4.69, 9.17) is 4.74 Å². The van der Waals surface area contributed by atoms with Gasteiger partial charge in [-0.05, 0) is 69.2 Å². The third-order valence-electron chi connectivity index (χ3n) is 5.44. The van der Waals surface area contributed by atoms with Crippen molar-refractivity contribution in [2.45, 2.75) is 49.8 Å². The molecule has 8 nitrogen and oxygen atoms in total. The number of rotatable bonds is 6. The Morgan fingerprint density at radius 1 is 0.938 bits per heavy atom. The number of carbonyl (C=O) groups is 2. The van der Waals surface area contributed by atoms with Crippen molar-refractivity contribution in [2.75, 3.05) is 18.4 Å². The Labute approximate surface area is 188 Å². The fourth-order valence-electron chi connectivity index (χ4n) is 3.69. The first-order valence-electron chi connectivity index (χ1n) is 10.7. The summed E-state index contributed by atoms with van der Waals surface area (Å²) in [6, 6.07) is 12.8. The number of sulfonamides is 1. The summed E-state index contributed by atoms with van der Waals surface area (Å²) in [5, 5.41) is 5.68. The third kappa shape index (κ3) is 5.17. The van der Waals surface area contributed by atoms with Crippen LogP contribution in [0.3, 0.4) is 0 Å². The molecule has 0 aromatic heterocycles. The van der Waals surface area contributed by atoms with Crippen molar-refractivity contribution in [1.29, 1.82) is 0 Å². The lowest BCUT2D eigenvalue weighted by molar-refractivity contribution is -0.0440. The van der Waals surface area contributed by atoms with E-state index in [0.29, 0.717) is 29.9 Å². The predicted octanol–water partition coefficient (Wildman–Crippen LogP) is 2.63. The number of carbonyl (C=O) groups excluding carboxylic acids is 2. The van der Waals surface area contributed by atoms with E-state index < -0.39 is 10.0 Å². The van der Waals surface area contributed by atoms with Crippen LogP contribution in [-0.2, 0) is 14.8 Å². The molecule has 1 saturated carbocycles. The van der Waals surface area contributed by atoms with Gasteiger partial charge in [-0.15, -0.1) is 0 Å². The molecule has 2 fully saturated rings. The maximum atomic E-state index is 13.0. The Morgan fingerprint density at radius 3 is 2.22 bits per heavy atom. The number of anilines is 1. The number of benzene rings is 2. The predicted molar refractivity (Wildman–Crippen MR) is 120 cm³/mol. The zero-order chi connectivity index (χ0) is 22.9. The molecule has 2 aliphatic rings. The minimum absolute atomic E-state index is 0.133. The average molecular weight is 458 g/mol. The molecule has 2 atom stereocenters. The highest BCUT2D eigenvalue weighted by molar-refractivity contribution is 7.89. The van der Waals surface area contributed by atoms with Crippen molar-refractivity contribution in [1.82, 2.24) is 9.62 Å². The lowest BCUT2D eigenvalue weighted by Crippen LogP contribution is -2.48. The van der Waals surface area contributed by atoms with Crippen molar-refractivity contribution < 1.29 is 22.7 Å². The van der Waals surface area contributed by atoms with Crippen LogP contribution >= 0.6 is 0 Å². The minimum Gasteiger partial charge on any atom is -0.373 e. The SMILES string of the molecule is C[C@H]1CN(S(=O)(=O)c2ccc(C(=O)Nc3cccc(C(=O)NC4CC4)c3)cc2)C[C@H](C)O1. The van der Waals surface area contributed by atoms with Gasteiger partial charge in [0.25, 0.3) is 11.8 Å². The summed E-state index contributed by atoms with van der Waals surface area (Å²) >= 11 is 0. The smallest absolute Gasteiger partial charge is 0.255 e. The van der Waals surface area contributed by atoms with Gasteiger partial charge in [0.2, 0.25) is 10.0 Å². The van der Waals surface area contributed by atoms with Crippen LogP contribution in [0.25, 0.3) is 0 Å². The van der Waals surface area contributed by atoms with Gasteiger partial charge < -0.3 is 15.4 Å². The molecule has 0 bridgehead atoms. The summed E-state index contributed by atoms with van der Waals surface area (Å²) in [5.41, 5.74) is 1.29. The van der Waals surface area contributed by atoms with Crippen LogP contribution < -0.4 is 10.6 Å². The van der Waals surface area contributed by atoms with Crippen LogP contribution in [0.2, 0.25) is 0 Å². The van der Waals surface area contributed by atoms with Gasteiger partial charge in [-0.2, -0.15) is 4.31 Å². The number of hydrogen-bond donors (Lipinski definition) is 2. The topological polar surface area (TPSA) is 105 Å². The maximum Gasteiger partial charge on any atom is 0.255 e. The number of hydrogen-bond acceptors (Lipinski definition) is 5. The molecule has 32 heavy (non-hydrogen) atoms. The van der Waals surface area contributed by atoms with Crippen molar-refractivity contribution >= 4 is 27.5 Å². The van der Waals surface area contributed by atoms with E-state index in [2.05, 4.69) is 10.6 Å². The van der Waals surface area contributed by atoms with Crippen LogP contribution in [0.4, 0.5) is 5.69 Å². The van der Waals surface area contributed by atoms with E-state index in [0.717, 1.165) is 12.8 Å². The first-order valence-corrected chi connectivity index (χ1v) is 12.1. The second-order valence-corrected chi connectivity index (χ2v) is 10.3. The highest BCUT2D eigenvalue weighted by Gasteiger charge is 2.32. The molecular weight excluding hydrogens is 430 g/mol. The quantitative estimate of drug-likeness (QED) is 0.694. The van der Waals surface area contributed by atoms with Gasteiger partial charge in [0.1, 0.15) is 0 Å². The van der Waals surface area contributed by atoms with E-state index in [1.54, 1.807) is 24.3 Å². The standard InChI is InChI=1S/C23H27N3O5S/c1-15-13-26(14-16(2)31-15)32(29,30)21-10-6-17(7-11-21)22(27)25-20-5-3-4-18(12-20)23(28)24-19-8-9-19/h3-7,10-12,15-16,19H,8-9,13-14H2,1-2H3,(H,24,28)(H,25,27)/t15-,16-/m0/s1. The maximum absolute atomic E-state index is 13.0. The molecular formula is C23H27N3O5S. The van der Waals surface area contributed by atoms with E-state index in [-0.39, 0.29) is 35.0 Å².